The molecule has 0 atom stereocenters. The summed E-state index contributed by atoms with van der Waals surface area (Å²) in [7, 11) is 3.66. The fourth-order valence-corrected chi connectivity index (χ4v) is 1.88. The Hall–Kier alpha value is -1.22. The molecule has 1 N–H and O–H groups in total. The highest BCUT2D eigenvalue weighted by Crippen LogP contribution is 2.35. The standard InChI is InChI=1S/C14H23NO2/c1-10-7-11(2)13(17-6)12(8-10)15(5)14(3,4)9-16/h7-8,16H,9H2,1-6H3. The molecule has 3 heteroatoms. The minimum absolute atomic E-state index is 0.0969. The number of benzene rings is 1. The molecule has 0 heterocycles. The summed E-state index contributed by atoms with van der Waals surface area (Å²) in [5.74, 6) is 0.875. The quantitative estimate of drug-likeness (QED) is 0.873. The van der Waals surface area contributed by atoms with E-state index in [-0.39, 0.29) is 12.1 Å². The second-order valence-corrected chi connectivity index (χ2v) is 5.16. The molecule has 17 heavy (non-hydrogen) atoms. The smallest absolute Gasteiger partial charge is 0.145 e. The molecule has 1 aromatic carbocycles. The Kier molecular flexibility index (Phi) is 4.04. The molecule has 1 aromatic rings. The number of nitrogens with zero attached hydrogens (tertiary/aromatic N) is 1. The Balaban J connectivity index is 3.30. The lowest BCUT2D eigenvalue weighted by Crippen LogP contribution is -2.44. The van der Waals surface area contributed by atoms with Crippen LogP contribution < -0.4 is 9.64 Å². The first-order valence-corrected chi connectivity index (χ1v) is 5.83. The van der Waals surface area contributed by atoms with E-state index in [1.807, 2.05) is 27.8 Å². The minimum atomic E-state index is -0.312. The molecule has 0 aromatic heterocycles. The third-order valence-corrected chi connectivity index (χ3v) is 3.26. The van der Waals surface area contributed by atoms with Crippen LogP contribution >= 0.6 is 0 Å². The van der Waals surface area contributed by atoms with Gasteiger partial charge in [-0.15, -0.1) is 0 Å². The van der Waals surface area contributed by atoms with Gasteiger partial charge in [0.2, 0.25) is 0 Å². The zero-order valence-corrected chi connectivity index (χ0v) is 11.7. The monoisotopic (exact) mass is 237 g/mol. The summed E-state index contributed by atoms with van der Waals surface area (Å²) < 4.78 is 5.47. The fourth-order valence-electron chi connectivity index (χ4n) is 1.88. The van der Waals surface area contributed by atoms with Gasteiger partial charge in [-0.05, 0) is 44.9 Å². The summed E-state index contributed by atoms with van der Waals surface area (Å²) in [4.78, 5) is 2.06. The highest BCUT2D eigenvalue weighted by atomic mass is 16.5. The lowest BCUT2D eigenvalue weighted by Gasteiger charge is -2.37. The van der Waals surface area contributed by atoms with Crippen molar-refractivity contribution in [2.75, 3.05) is 25.7 Å². The van der Waals surface area contributed by atoms with Crippen molar-refractivity contribution in [3.8, 4) is 5.75 Å². The van der Waals surface area contributed by atoms with Crippen LogP contribution in [0.1, 0.15) is 25.0 Å². The highest BCUT2D eigenvalue weighted by molar-refractivity contribution is 5.64. The molecule has 0 saturated carbocycles. The van der Waals surface area contributed by atoms with Gasteiger partial charge in [0, 0.05) is 7.05 Å². The number of aryl methyl sites for hydroxylation is 2. The van der Waals surface area contributed by atoms with Crippen LogP contribution in [-0.4, -0.2) is 31.4 Å². The number of anilines is 1. The molecule has 0 unspecified atom stereocenters. The van der Waals surface area contributed by atoms with Crippen molar-refractivity contribution in [1.82, 2.24) is 0 Å². The Morgan fingerprint density at radius 3 is 2.35 bits per heavy atom. The van der Waals surface area contributed by atoms with Gasteiger partial charge >= 0.3 is 0 Å². The normalized spacial score (nSPS) is 11.5. The molecule has 0 radical (unpaired) electrons. The SMILES string of the molecule is COc1c(C)cc(C)cc1N(C)C(C)(C)CO. The van der Waals surface area contributed by atoms with Crippen molar-refractivity contribution in [3.63, 3.8) is 0 Å². The molecule has 0 aliphatic carbocycles. The lowest BCUT2D eigenvalue weighted by molar-refractivity contribution is 0.215. The summed E-state index contributed by atoms with van der Waals surface area (Å²) in [6.45, 7) is 8.21. The number of hydrogen-bond acceptors (Lipinski definition) is 3. The highest BCUT2D eigenvalue weighted by Gasteiger charge is 2.25. The maximum Gasteiger partial charge on any atom is 0.145 e. The number of likely N-dealkylation sites (N-methyl/N-ethyl adjacent to an activating group) is 1. The molecule has 0 saturated heterocycles. The zero-order valence-electron chi connectivity index (χ0n) is 11.7. The van der Waals surface area contributed by atoms with Gasteiger partial charge < -0.3 is 14.7 Å². The van der Waals surface area contributed by atoms with E-state index in [9.17, 15) is 5.11 Å². The van der Waals surface area contributed by atoms with Gasteiger partial charge in [0.05, 0.1) is 24.9 Å². The summed E-state index contributed by atoms with van der Waals surface area (Å²) in [5.41, 5.74) is 3.01. The maximum atomic E-state index is 9.45. The average molecular weight is 237 g/mol. The van der Waals surface area contributed by atoms with Crippen molar-refractivity contribution in [1.29, 1.82) is 0 Å². The molecular formula is C14H23NO2. The first kappa shape index (κ1) is 13.8. The number of hydrogen-bond donors (Lipinski definition) is 1. The first-order chi connectivity index (χ1) is 7.83. The summed E-state index contributed by atoms with van der Waals surface area (Å²) in [6.07, 6.45) is 0. The van der Waals surface area contributed by atoms with Gasteiger partial charge in [-0.1, -0.05) is 6.07 Å². The Morgan fingerprint density at radius 2 is 1.88 bits per heavy atom. The van der Waals surface area contributed by atoms with Gasteiger partial charge in [0.25, 0.3) is 0 Å². The van der Waals surface area contributed by atoms with Crippen LogP contribution in [0.25, 0.3) is 0 Å². The number of rotatable bonds is 4. The van der Waals surface area contributed by atoms with Crippen LogP contribution in [0.2, 0.25) is 0 Å². The molecule has 0 bridgehead atoms. The lowest BCUT2D eigenvalue weighted by atomic mass is 10.0. The molecule has 96 valence electrons. The summed E-state index contributed by atoms with van der Waals surface area (Å²) in [6, 6.07) is 4.19. The second-order valence-electron chi connectivity index (χ2n) is 5.16. The average Bonchev–Trinajstić information content (AvgIpc) is 2.27. The summed E-state index contributed by atoms with van der Waals surface area (Å²) in [5, 5.41) is 9.45. The maximum absolute atomic E-state index is 9.45. The largest absolute Gasteiger partial charge is 0.494 e. The van der Waals surface area contributed by atoms with Crippen molar-refractivity contribution >= 4 is 5.69 Å². The van der Waals surface area contributed by atoms with E-state index >= 15 is 0 Å². The van der Waals surface area contributed by atoms with Crippen molar-refractivity contribution in [2.45, 2.75) is 33.2 Å². The molecule has 0 fully saturated rings. The zero-order chi connectivity index (χ0) is 13.2. The van der Waals surface area contributed by atoms with Gasteiger partial charge in [0.1, 0.15) is 5.75 Å². The van der Waals surface area contributed by atoms with Crippen LogP contribution in [0.5, 0.6) is 5.75 Å². The number of methoxy groups -OCH3 is 1. The van der Waals surface area contributed by atoms with Gasteiger partial charge in [-0.25, -0.2) is 0 Å². The molecule has 1 rings (SSSR count). The molecule has 0 amide bonds. The Morgan fingerprint density at radius 1 is 1.29 bits per heavy atom. The number of ether oxygens (including phenoxy) is 1. The van der Waals surface area contributed by atoms with Crippen LogP contribution in [0.3, 0.4) is 0 Å². The molecule has 3 nitrogen and oxygen atoms in total. The molecule has 0 aliphatic rings. The predicted molar refractivity (Wildman–Crippen MR) is 72.0 cm³/mol. The fraction of sp³-hybridized carbons (Fsp3) is 0.571. The number of aliphatic hydroxyl groups excluding tert-OH is 1. The van der Waals surface area contributed by atoms with Gasteiger partial charge in [-0.2, -0.15) is 0 Å². The molecular weight excluding hydrogens is 214 g/mol. The first-order valence-electron chi connectivity index (χ1n) is 5.83. The predicted octanol–water partition coefficient (Wildman–Crippen LogP) is 2.52. The minimum Gasteiger partial charge on any atom is -0.494 e. The van der Waals surface area contributed by atoms with Crippen molar-refractivity contribution < 1.29 is 9.84 Å². The third kappa shape index (κ3) is 2.72. The van der Waals surface area contributed by atoms with Gasteiger partial charge in [0.15, 0.2) is 0 Å². The van der Waals surface area contributed by atoms with E-state index < -0.39 is 0 Å². The number of aliphatic hydroxyl groups is 1. The van der Waals surface area contributed by atoms with Gasteiger partial charge in [-0.3, -0.25) is 0 Å². The van der Waals surface area contributed by atoms with E-state index in [1.165, 1.54) is 5.56 Å². The Bertz CT molecular complexity index is 399. The third-order valence-electron chi connectivity index (χ3n) is 3.26. The van der Waals surface area contributed by atoms with E-state index in [1.54, 1.807) is 7.11 Å². The Labute approximate surface area is 104 Å². The topological polar surface area (TPSA) is 32.7 Å². The van der Waals surface area contributed by atoms with E-state index in [2.05, 4.69) is 24.0 Å². The van der Waals surface area contributed by atoms with E-state index in [0.717, 1.165) is 17.0 Å². The van der Waals surface area contributed by atoms with Crippen LogP contribution in [0, 0.1) is 13.8 Å². The molecule has 0 spiro atoms. The van der Waals surface area contributed by atoms with Crippen LogP contribution in [-0.2, 0) is 0 Å². The molecule has 0 aliphatic heterocycles. The van der Waals surface area contributed by atoms with E-state index in [4.69, 9.17) is 4.74 Å². The van der Waals surface area contributed by atoms with Crippen molar-refractivity contribution in [3.05, 3.63) is 23.3 Å². The van der Waals surface area contributed by atoms with Crippen LogP contribution in [0.15, 0.2) is 12.1 Å². The summed E-state index contributed by atoms with van der Waals surface area (Å²) >= 11 is 0. The second kappa shape index (κ2) is 4.96. The van der Waals surface area contributed by atoms with E-state index in [0.29, 0.717) is 0 Å². The van der Waals surface area contributed by atoms with Crippen LogP contribution in [0.4, 0.5) is 5.69 Å². The van der Waals surface area contributed by atoms with Crippen molar-refractivity contribution in [2.24, 2.45) is 0 Å².